The summed E-state index contributed by atoms with van der Waals surface area (Å²) in [6, 6.07) is 5.50. The topological polar surface area (TPSA) is 112 Å². The second kappa shape index (κ2) is 13.2. The van der Waals surface area contributed by atoms with Crippen LogP contribution in [0.4, 0.5) is 4.79 Å². The van der Waals surface area contributed by atoms with Gasteiger partial charge in [0.25, 0.3) is 0 Å². The third kappa shape index (κ3) is 9.26. The van der Waals surface area contributed by atoms with Crippen LogP contribution < -0.4 is 10.6 Å². The first-order valence-electron chi connectivity index (χ1n) is 11.3. The number of ether oxygens (including phenoxy) is 1. The van der Waals surface area contributed by atoms with Crippen molar-refractivity contribution in [2.75, 3.05) is 18.6 Å². The van der Waals surface area contributed by atoms with Crippen molar-refractivity contribution in [2.45, 2.75) is 78.6 Å². The molecule has 0 aliphatic heterocycles. The zero-order valence-electron chi connectivity index (χ0n) is 21.5. The molecule has 1 aromatic carbocycles. The van der Waals surface area contributed by atoms with E-state index in [1.54, 1.807) is 20.8 Å². The Morgan fingerprint density at radius 2 is 1.82 bits per heavy atom. The average molecular weight is 491 g/mol. The van der Waals surface area contributed by atoms with Gasteiger partial charge in [-0.3, -0.25) is 9.59 Å². The minimum Gasteiger partial charge on any atom is -0.444 e. The highest BCUT2D eigenvalue weighted by atomic mass is 32.2. The number of hydrogen-bond acceptors (Lipinski definition) is 6. The maximum Gasteiger partial charge on any atom is 0.408 e. The number of alkyl carbamates (subject to hydrolysis) is 1. The average Bonchev–Trinajstić information content (AvgIpc) is 2.69. The number of aryl methyl sites for hydroxylation is 2. The summed E-state index contributed by atoms with van der Waals surface area (Å²) in [6.07, 6.45) is 1.50. The quantitative estimate of drug-likeness (QED) is 0.482. The van der Waals surface area contributed by atoms with Gasteiger partial charge in [0.2, 0.25) is 11.8 Å². The molecule has 1 aromatic rings. The van der Waals surface area contributed by atoms with E-state index in [-0.39, 0.29) is 18.5 Å². The molecule has 0 aliphatic carbocycles. The van der Waals surface area contributed by atoms with Crippen LogP contribution in [0.2, 0.25) is 0 Å². The largest absolute Gasteiger partial charge is 0.444 e. The van der Waals surface area contributed by atoms with Crippen LogP contribution in [0.25, 0.3) is 0 Å². The first kappa shape index (κ1) is 29.3. The van der Waals surface area contributed by atoms with E-state index in [2.05, 4.69) is 10.6 Å². The van der Waals surface area contributed by atoms with Gasteiger partial charge in [-0.1, -0.05) is 23.8 Å². The Balaban J connectivity index is 3.46. The molecule has 2 unspecified atom stereocenters. The van der Waals surface area contributed by atoms with Gasteiger partial charge in [0.05, 0.1) is 6.07 Å². The lowest BCUT2D eigenvalue weighted by atomic mass is 9.96. The second-order valence-corrected chi connectivity index (χ2v) is 10.5. The highest BCUT2D eigenvalue weighted by molar-refractivity contribution is 7.98. The number of thioether (sulfide) groups is 1. The van der Waals surface area contributed by atoms with E-state index in [0.29, 0.717) is 17.7 Å². The third-order valence-corrected chi connectivity index (χ3v) is 5.48. The summed E-state index contributed by atoms with van der Waals surface area (Å²) in [5.41, 5.74) is 1.75. The second-order valence-electron chi connectivity index (χ2n) is 9.53. The molecule has 0 saturated carbocycles. The van der Waals surface area contributed by atoms with Crippen molar-refractivity contribution in [1.82, 2.24) is 15.5 Å². The predicted molar refractivity (Wildman–Crippen MR) is 135 cm³/mol. The predicted octanol–water partition coefficient (Wildman–Crippen LogP) is 3.87. The molecule has 0 bridgehead atoms. The molecule has 34 heavy (non-hydrogen) atoms. The van der Waals surface area contributed by atoms with E-state index in [4.69, 9.17) is 4.74 Å². The van der Waals surface area contributed by atoms with Crippen LogP contribution >= 0.6 is 11.8 Å². The van der Waals surface area contributed by atoms with Gasteiger partial charge in [0, 0.05) is 6.04 Å². The summed E-state index contributed by atoms with van der Waals surface area (Å²) in [4.78, 5) is 40.8. The molecular weight excluding hydrogens is 452 g/mol. The lowest BCUT2D eigenvalue weighted by molar-refractivity contribution is -0.142. The summed E-state index contributed by atoms with van der Waals surface area (Å²) in [6.45, 7) is 12.4. The van der Waals surface area contributed by atoms with Crippen molar-refractivity contribution in [2.24, 2.45) is 0 Å². The Morgan fingerprint density at radius 1 is 1.18 bits per heavy atom. The van der Waals surface area contributed by atoms with Crippen LogP contribution in [0.5, 0.6) is 0 Å². The van der Waals surface area contributed by atoms with E-state index in [9.17, 15) is 19.6 Å². The first-order chi connectivity index (χ1) is 15.8. The minimum absolute atomic E-state index is 0.160. The molecule has 9 heteroatoms. The van der Waals surface area contributed by atoms with Crippen molar-refractivity contribution >= 4 is 29.7 Å². The maximum absolute atomic E-state index is 13.7. The van der Waals surface area contributed by atoms with E-state index < -0.39 is 29.7 Å². The summed E-state index contributed by atoms with van der Waals surface area (Å²) >= 11 is 1.53. The molecule has 2 N–H and O–H groups in total. The maximum atomic E-state index is 13.7. The van der Waals surface area contributed by atoms with E-state index in [1.165, 1.54) is 16.7 Å². The molecule has 0 aromatic heterocycles. The van der Waals surface area contributed by atoms with Crippen molar-refractivity contribution < 1.29 is 19.1 Å². The standard InChI is InChI=1S/C25H38N4O4S/c1-16(2)27-22(30)21(19-10-9-17(3)15-18(19)4)29(13-12-26)23(31)20(11-14-34-8)28-24(32)33-25(5,6)7/h9-10,15-16,20-21H,11,13-14H2,1-8H3,(H,27,30)(H,28,32). The molecule has 8 nitrogen and oxygen atoms in total. The number of benzene rings is 1. The van der Waals surface area contributed by atoms with Crippen LogP contribution in [0, 0.1) is 25.2 Å². The van der Waals surface area contributed by atoms with Gasteiger partial charge in [-0.15, -0.1) is 0 Å². The zero-order valence-corrected chi connectivity index (χ0v) is 22.3. The number of hydrogen-bond donors (Lipinski definition) is 2. The van der Waals surface area contributed by atoms with Gasteiger partial charge < -0.3 is 20.3 Å². The van der Waals surface area contributed by atoms with Crippen molar-refractivity contribution in [1.29, 1.82) is 5.26 Å². The highest BCUT2D eigenvalue weighted by Crippen LogP contribution is 2.27. The number of nitrogens with one attached hydrogen (secondary N) is 2. The van der Waals surface area contributed by atoms with Crippen molar-refractivity contribution in [3.8, 4) is 6.07 Å². The normalized spacial score (nSPS) is 12.9. The summed E-state index contributed by atoms with van der Waals surface area (Å²) in [7, 11) is 0. The van der Waals surface area contributed by atoms with Crippen molar-refractivity contribution in [3.05, 3.63) is 34.9 Å². The van der Waals surface area contributed by atoms with Gasteiger partial charge in [-0.2, -0.15) is 17.0 Å². The molecule has 0 aliphatic rings. The fraction of sp³-hybridized carbons (Fsp3) is 0.600. The third-order valence-electron chi connectivity index (χ3n) is 4.83. The number of nitriles is 1. The molecule has 0 heterocycles. The smallest absolute Gasteiger partial charge is 0.408 e. The fourth-order valence-electron chi connectivity index (χ4n) is 3.46. The molecule has 2 atom stereocenters. The van der Waals surface area contributed by atoms with Crippen LogP contribution in [0.15, 0.2) is 18.2 Å². The minimum atomic E-state index is -1.02. The SMILES string of the molecule is CSCCC(NC(=O)OC(C)(C)C)C(=O)N(CC#N)C(C(=O)NC(C)C)c1ccc(C)cc1C. The molecule has 3 amide bonds. The van der Waals surface area contributed by atoms with Gasteiger partial charge in [-0.25, -0.2) is 4.79 Å². The molecule has 0 spiro atoms. The van der Waals surface area contributed by atoms with E-state index in [1.807, 2.05) is 58.2 Å². The van der Waals surface area contributed by atoms with Gasteiger partial charge in [0.1, 0.15) is 24.2 Å². The van der Waals surface area contributed by atoms with E-state index in [0.717, 1.165) is 11.1 Å². The van der Waals surface area contributed by atoms with Crippen LogP contribution in [-0.2, 0) is 14.3 Å². The number of carbonyl (C=O) groups is 3. The first-order valence-corrected chi connectivity index (χ1v) is 12.7. The molecular formula is C25H38N4O4S. The lowest BCUT2D eigenvalue weighted by Gasteiger charge is -2.34. The number of amides is 3. The van der Waals surface area contributed by atoms with Crippen LogP contribution in [0.1, 0.15) is 63.8 Å². The Morgan fingerprint density at radius 3 is 2.32 bits per heavy atom. The fourth-order valence-corrected chi connectivity index (χ4v) is 3.93. The summed E-state index contributed by atoms with van der Waals surface area (Å²) in [5, 5.41) is 15.1. The van der Waals surface area contributed by atoms with Crippen LogP contribution in [-0.4, -0.2) is 59.0 Å². The van der Waals surface area contributed by atoms with Gasteiger partial charge in [0.15, 0.2) is 0 Å². The van der Waals surface area contributed by atoms with Gasteiger partial charge in [-0.05, 0) is 78.0 Å². The van der Waals surface area contributed by atoms with E-state index >= 15 is 0 Å². The number of nitrogens with zero attached hydrogens (tertiary/aromatic N) is 2. The monoisotopic (exact) mass is 490 g/mol. The molecule has 0 radical (unpaired) electrons. The summed E-state index contributed by atoms with van der Waals surface area (Å²) in [5.74, 6) is -0.296. The molecule has 1 rings (SSSR count). The highest BCUT2D eigenvalue weighted by Gasteiger charge is 2.37. The molecule has 0 saturated heterocycles. The zero-order chi connectivity index (χ0) is 26.1. The Kier molecular flexibility index (Phi) is 11.4. The lowest BCUT2D eigenvalue weighted by Crippen LogP contribution is -2.53. The molecule has 188 valence electrons. The molecule has 0 fully saturated rings. The summed E-state index contributed by atoms with van der Waals surface area (Å²) < 4.78 is 5.34. The van der Waals surface area contributed by atoms with Crippen molar-refractivity contribution in [3.63, 3.8) is 0 Å². The van der Waals surface area contributed by atoms with Gasteiger partial charge >= 0.3 is 6.09 Å². The number of rotatable bonds is 10. The number of carbonyl (C=O) groups excluding carboxylic acids is 3. The Hall–Kier alpha value is -2.73. The Bertz CT molecular complexity index is 905. The van der Waals surface area contributed by atoms with Crippen LogP contribution in [0.3, 0.4) is 0 Å². The Labute approximate surface area is 207 Å².